The predicted molar refractivity (Wildman–Crippen MR) is 67.0 cm³/mol. The molecule has 2 heteroatoms. The van der Waals surface area contributed by atoms with Crippen LogP contribution in [0.15, 0.2) is 5.38 Å². The largest absolute Gasteiger partial charge is 0.370 e. The molecule has 0 radical (unpaired) electrons. The van der Waals surface area contributed by atoms with Gasteiger partial charge < -0.3 is 4.90 Å². The first-order valence-corrected chi connectivity index (χ1v) is 6.78. The monoisotopic (exact) mass is 221 g/mol. The number of nitrogens with zero attached hydrogens (tertiary/aromatic N) is 1. The smallest absolute Gasteiger partial charge is 0.0514 e. The third-order valence-corrected chi connectivity index (χ3v) is 4.51. The first-order valence-electron chi connectivity index (χ1n) is 5.90. The van der Waals surface area contributed by atoms with Crippen molar-refractivity contribution in [1.29, 1.82) is 0 Å². The lowest BCUT2D eigenvalue weighted by Gasteiger charge is -2.20. The lowest BCUT2D eigenvalue weighted by Crippen LogP contribution is -2.14. The van der Waals surface area contributed by atoms with Gasteiger partial charge in [0.2, 0.25) is 0 Å². The summed E-state index contributed by atoms with van der Waals surface area (Å²) in [5.41, 5.74) is 3.70. The fourth-order valence-electron chi connectivity index (χ4n) is 2.91. The van der Waals surface area contributed by atoms with E-state index in [0.29, 0.717) is 5.41 Å². The number of rotatable bonds is 1. The molecule has 1 nitrogen and oxygen atoms in total. The van der Waals surface area contributed by atoms with Crippen LogP contribution in [0.3, 0.4) is 0 Å². The van der Waals surface area contributed by atoms with E-state index in [-0.39, 0.29) is 0 Å². The number of anilines is 1. The molecule has 82 valence electrons. The molecule has 2 bridgehead atoms. The maximum absolute atomic E-state index is 2.57. The molecule has 0 aromatic carbocycles. The van der Waals surface area contributed by atoms with Gasteiger partial charge in [0.1, 0.15) is 0 Å². The van der Waals surface area contributed by atoms with Gasteiger partial charge >= 0.3 is 0 Å². The van der Waals surface area contributed by atoms with E-state index in [4.69, 9.17) is 0 Å². The summed E-state index contributed by atoms with van der Waals surface area (Å²) in [5, 5.41) is 2.38. The fraction of sp³-hybridized carbons (Fsp3) is 0.692. The lowest BCUT2D eigenvalue weighted by atomic mass is 9.88. The van der Waals surface area contributed by atoms with Crippen LogP contribution in [0.2, 0.25) is 0 Å². The third-order valence-electron chi connectivity index (χ3n) is 3.52. The first kappa shape index (κ1) is 9.71. The maximum atomic E-state index is 2.57. The normalized spacial score (nSPS) is 23.7. The van der Waals surface area contributed by atoms with Crippen molar-refractivity contribution in [3.63, 3.8) is 0 Å². The van der Waals surface area contributed by atoms with Crippen molar-refractivity contribution in [2.45, 2.75) is 39.5 Å². The Morgan fingerprint density at radius 3 is 3.00 bits per heavy atom. The minimum absolute atomic E-state index is 0.426. The molecule has 3 rings (SSSR count). The van der Waals surface area contributed by atoms with Crippen LogP contribution < -0.4 is 4.90 Å². The van der Waals surface area contributed by atoms with Gasteiger partial charge in [0.25, 0.3) is 0 Å². The van der Waals surface area contributed by atoms with Crippen LogP contribution in [0.5, 0.6) is 0 Å². The van der Waals surface area contributed by atoms with Crippen LogP contribution in [0.25, 0.3) is 0 Å². The Kier molecular flexibility index (Phi) is 1.94. The third kappa shape index (κ3) is 1.50. The van der Waals surface area contributed by atoms with Crippen LogP contribution in [-0.4, -0.2) is 13.1 Å². The number of hydrogen-bond donors (Lipinski definition) is 0. The van der Waals surface area contributed by atoms with Crippen LogP contribution in [0.4, 0.5) is 5.69 Å². The molecule has 0 aliphatic carbocycles. The van der Waals surface area contributed by atoms with Crippen LogP contribution in [0.1, 0.15) is 43.6 Å². The number of fused-ring (bicyclic) bond motifs is 5. The summed E-state index contributed by atoms with van der Waals surface area (Å²) < 4.78 is 0. The molecular weight excluding hydrogens is 202 g/mol. The molecule has 15 heavy (non-hydrogen) atoms. The molecule has 0 saturated carbocycles. The van der Waals surface area contributed by atoms with Crippen molar-refractivity contribution in [3.05, 3.63) is 15.8 Å². The molecule has 3 heterocycles. The topological polar surface area (TPSA) is 3.24 Å². The molecule has 2 aliphatic heterocycles. The Bertz CT molecular complexity index is 386. The van der Waals surface area contributed by atoms with Crippen molar-refractivity contribution in [3.8, 4) is 0 Å². The van der Waals surface area contributed by atoms with Crippen molar-refractivity contribution in [2.75, 3.05) is 18.0 Å². The predicted octanol–water partition coefficient (Wildman–Crippen LogP) is 3.64. The summed E-state index contributed by atoms with van der Waals surface area (Å²) >= 11 is 1.98. The Hall–Kier alpha value is -0.500. The van der Waals surface area contributed by atoms with Gasteiger partial charge in [-0.05, 0) is 23.8 Å². The second-order valence-electron chi connectivity index (χ2n) is 6.13. The zero-order valence-corrected chi connectivity index (χ0v) is 10.7. The minimum atomic E-state index is 0.426. The van der Waals surface area contributed by atoms with E-state index in [2.05, 4.69) is 31.1 Å². The zero-order valence-electron chi connectivity index (χ0n) is 9.84. The number of hydrogen-bond acceptors (Lipinski definition) is 2. The Morgan fingerprint density at radius 2 is 2.27 bits per heavy atom. The molecule has 0 amide bonds. The molecule has 0 N–H and O–H groups in total. The van der Waals surface area contributed by atoms with E-state index in [1.165, 1.54) is 25.9 Å². The van der Waals surface area contributed by atoms with Gasteiger partial charge in [-0.3, -0.25) is 0 Å². The number of thiophene rings is 1. The summed E-state index contributed by atoms with van der Waals surface area (Å²) in [4.78, 5) is 4.23. The van der Waals surface area contributed by atoms with Gasteiger partial charge in [-0.1, -0.05) is 20.8 Å². The van der Waals surface area contributed by atoms with E-state index in [1.807, 2.05) is 11.3 Å². The average molecular weight is 221 g/mol. The highest BCUT2D eigenvalue weighted by Gasteiger charge is 2.37. The lowest BCUT2D eigenvalue weighted by molar-refractivity contribution is 0.413. The van der Waals surface area contributed by atoms with Crippen LogP contribution in [-0.2, 0) is 6.42 Å². The fourth-order valence-corrected chi connectivity index (χ4v) is 4.36. The summed E-state index contributed by atoms with van der Waals surface area (Å²) in [6.45, 7) is 9.62. The molecule has 0 spiro atoms. The zero-order chi connectivity index (χ0) is 10.6. The van der Waals surface area contributed by atoms with Crippen molar-refractivity contribution in [2.24, 2.45) is 5.41 Å². The molecule has 1 aromatic heterocycles. The van der Waals surface area contributed by atoms with Gasteiger partial charge in [0.05, 0.1) is 5.69 Å². The van der Waals surface area contributed by atoms with E-state index in [1.54, 1.807) is 16.1 Å². The summed E-state index contributed by atoms with van der Waals surface area (Å²) in [5.74, 6) is 0.864. The SMILES string of the molecule is CC(C)(C)Cc1scc2c1C1CCN2C1. The van der Waals surface area contributed by atoms with E-state index in [0.717, 1.165) is 5.92 Å². The second-order valence-corrected chi connectivity index (χ2v) is 7.09. The van der Waals surface area contributed by atoms with E-state index in [9.17, 15) is 0 Å². The van der Waals surface area contributed by atoms with E-state index < -0.39 is 0 Å². The summed E-state index contributed by atoms with van der Waals surface area (Å²) in [7, 11) is 0. The van der Waals surface area contributed by atoms with Crippen LogP contribution in [0, 0.1) is 5.41 Å². The highest BCUT2D eigenvalue weighted by atomic mass is 32.1. The molecule has 1 unspecified atom stereocenters. The summed E-state index contributed by atoms with van der Waals surface area (Å²) in [6, 6.07) is 0. The standard InChI is InChI=1S/C13H19NS/c1-13(2,3)6-11-12-9-4-5-14(7-9)10(12)8-15-11/h8-9H,4-7H2,1-3H3. The van der Waals surface area contributed by atoms with Gasteiger partial charge in [-0.2, -0.15) is 0 Å². The summed E-state index contributed by atoms with van der Waals surface area (Å²) in [6.07, 6.45) is 2.64. The second kappa shape index (κ2) is 3.00. The Balaban J connectivity index is 1.96. The maximum Gasteiger partial charge on any atom is 0.0514 e. The minimum Gasteiger partial charge on any atom is -0.370 e. The molecule has 1 fully saturated rings. The van der Waals surface area contributed by atoms with Gasteiger partial charge in [0.15, 0.2) is 0 Å². The molecular formula is C13H19NS. The van der Waals surface area contributed by atoms with Crippen molar-refractivity contribution in [1.82, 2.24) is 0 Å². The van der Waals surface area contributed by atoms with Crippen molar-refractivity contribution >= 4 is 17.0 Å². The molecule has 1 saturated heterocycles. The molecule has 1 atom stereocenters. The quantitative estimate of drug-likeness (QED) is 0.700. The molecule has 2 aliphatic rings. The van der Waals surface area contributed by atoms with Crippen LogP contribution >= 0.6 is 11.3 Å². The van der Waals surface area contributed by atoms with Gasteiger partial charge in [0, 0.05) is 29.3 Å². The highest BCUT2D eigenvalue weighted by molar-refractivity contribution is 7.10. The average Bonchev–Trinajstić information content (AvgIpc) is 2.72. The Morgan fingerprint density at radius 1 is 1.47 bits per heavy atom. The van der Waals surface area contributed by atoms with Gasteiger partial charge in [-0.15, -0.1) is 11.3 Å². The highest BCUT2D eigenvalue weighted by Crippen LogP contribution is 2.49. The van der Waals surface area contributed by atoms with Crippen molar-refractivity contribution < 1.29 is 0 Å². The first-order chi connectivity index (χ1) is 7.04. The molecule has 1 aromatic rings. The van der Waals surface area contributed by atoms with Gasteiger partial charge in [-0.25, -0.2) is 0 Å². The van der Waals surface area contributed by atoms with E-state index >= 15 is 0 Å². The Labute approximate surface area is 96.1 Å².